The summed E-state index contributed by atoms with van der Waals surface area (Å²) in [5.41, 5.74) is 4.20. The fourth-order valence-corrected chi connectivity index (χ4v) is 3.21. The van der Waals surface area contributed by atoms with E-state index in [1.165, 1.54) is 0 Å². The van der Waals surface area contributed by atoms with Gasteiger partial charge in [-0.3, -0.25) is 0 Å². The quantitative estimate of drug-likeness (QED) is 0.234. The van der Waals surface area contributed by atoms with Crippen LogP contribution in [0.1, 0.15) is 5.56 Å². The number of nitrogens with zero attached hydrogens (tertiary/aromatic N) is 1. The fraction of sp³-hybridized carbons (Fsp3) is 0. The van der Waals surface area contributed by atoms with Crippen LogP contribution in [0.5, 0.6) is 0 Å². The molecule has 0 atom stereocenters. The third-order valence-electron chi connectivity index (χ3n) is 4.41. The molecule has 1 N–H and O–H groups in total. The Hall–Kier alpha value is -3.36. The van der Waals surface area contributed by atoms with E-state index in [0.29, 0.717) is 5.02 Å². The van der Waals surface area contributed by atoms with E-state index in [9.17, 15) is 0 Å². The molecule has 0 aliphatic heterocycles. The lowest BCUT2D eigenvalue weighted by molar-refractivity contribution is 1.07. The van der Waals surface area contributed by atoms with Gasteiger partial charge in [0.25, 0.3) is 5.84 Å². The van der Waals surface area contributed by atoms with E-state index in [0.717, 1.165) is 28.5 Å². The highest BCUT2D eigenvalue weighted by Crippen LogP contribution is 2.24. The second-order valence-electron chi connectivity index (χ2n) is 6.35. The molecule has 0 heterocycles. The Bertz CT molecular complexity index is 1060. The zero-order chi connectivity index (χ0) is 19.2. The monoisotopic (exact) mass is 383 g/mol. The number of hydrogen-bond acceptors (Lipinski definition) is 0. The van der Waals surface area contributed by atoms with Gasteiger partial charge in [0.05, 0.1) is 5.56 Å². The molecular weight excluding hydrogens is 364 g/mol. The average Bonchev–Trinajstić information content (AvgIpc) is 2.77. The fourth-order valence-electron chi connectivity index (χ4n) is 3.09. The Morgan fingerprint density at radius 3 is 1.68 bits per heavy atom. The van der Waals surface area contributed by atoms with Crippen molar-refractivity contribution in [2.24, 2.45) is 0 Å². The number of benzene rings is 4. The maximum Gasteiger partial charge on any atom is 0.292 e. The molecule has 0 amide bonds. The van der Waals surface area contributed by atoms with Crippen molar-refractivity contribution in [2.75, 3.05) is 5.32 Å². The number of hydrogen-bond donors (Lipinski definition) is 1. The summed E-state index contributed by atoms with van der Waals surface area (Å²) in [4.78, 5) is 0. The molecule has 0 saturated carbocycles. The summed E-state index contributed by atoms with van der Waals surface area (Å²) in [5.74, 6) is 0.973. The number of anilines is 1. The molecule has 4 aromatic carbocycles. The average molecular weight is 384 g/mol. The molecule has 0 fully saturated rings. The van der Waals surface area contributed by atoms with Gasteiger partial charge in [0.1, 0.15) is 17.1 Å². The summed E-state index contributed by atoms with van der Waals surface area (Å²) < 4.78 is 2.21. The Morgan fingerprint density at radius 2 is 1.07 bits per heavy atom. The van der Waals surface area contributed by atoms with Gasteiger partial charge in [0, 0.05) is 5.02 Å². The standard InChI is InChI=1S/C25H19ClN2/c26-21-16-18-24(19-17-21)28(23-14-8-3-9-15-23)25(20-10-4-1-5-11-20)27-22-12-6-2-7-13-22/h1-19H/p+1. The summed E-state index contributed by atoms with van der Waals surface area (Å²) in [6.45, 7) is 0. The molecule has 3 heteroatoms. The lowest BCUT2D eigenvalue weighted by Gasteiger charge is -2.14. The van der Waals surface area contributed by atoms with Crippen molar-refractivity contribution in [1.82, 2.24) is 4.58 Å². The van der Waals surface area contributed by atoms with E-state index in [1.54, 1.807) is 0 Å². The Labute approximate surface area is 170 Å². The lowest BCUT2D eigenvalue weighted by atomic mass is 10.1. The van der Waals surface area contributed by atoms with E-state index in [2.05, 4.69) is 46.3 Å². The minimum Gasteiger partial charge on any atom is -0.240 e. The minimum absolute atomic E-state index is 0.717. The third kappa shape index (κ3) is 4.13. The highest BCUT2D eigenvalue weighted by atomic mass is 35.5. The van der Waals surface area contributed by atoms with Gasteiger partial charge in [-0.2, -0.15) is 4.58 Å². The van der Waals surface area contributed by atoms with Crippen LogP contribution in [0.15, 0.2) is 115 Å². The van der Waals surface area contributed by atoms with Crippen molar-refractivity contribution in [3.05, 3.63) is 126 Å². The first kappa shape index (κ1) is 18.0. The van der Waals surface area contributed by atoms with Crippen LogP contribution in [0.3, 0.4) is 0 Å². The van der Waals surface area contributed by atoms with Crippen LogP contribution in [0.4, 0.5) is 17.1 Å². The van der Waals surface area contributed by atoms with Gasteiger partial charge >= 0.3 is 0 Å². The molecule has 4 aromatic rings. The summed E-state index contributed by atoms with van der Waals surface area (Å²) >= 11 is 6.15. The van der Waals surface area contributed by atoms with Crippen LogP contribution in [-0.4, -0.2) is 5.84 Å². The number of halogens is 1. The van der Waals surface area contributed by atoms with Crippen molar-refractivity contribution in [3.63, 3.8) is 0 Å². The van der Waals surface area contributed by atoms with Gasteiger partial charge in [0.15, 0.2) is 0 Å². The predicted octanol–water partition coefficient (Wildman–Crippen LogP) is 6.73. The molecule has 0 bridgehead atoms. The van der Waals surface area contributed by atoms with E-state index in [4.69, 9.17) is 11.6 Å². The summed E-state index contributed by atoms with van der Waals surface area (Å²) in [7, 11) is 0. The zero-order valence-electron chi connectivity index (χ0n) is 15.3. The maximum atomic E-state index is 6.15. The van der Waals surface area contributed by atoms with Crippen LogP contribution in [-0.2, 0) is 0 Å². The van der Waals surface area contributed by atoms with Crippen LogP contribution >= 0.6 is 11.6 Å². The molecular formula is C25H20ClN2+. The van der Waals surface area contributed by atoms with Crippen molar-refractivity contribution in [1.29, 1.82) is 0 Å². The number of para-hydroxylation sites is 2. The van der Waals surface area contributed by atoms with Crippen LogP contribution in [0.2, 0.25) is 5.02 Å². The number of nitrogens with one attached hydrogen (secondary N) is 1. The van der Waals surface area contributed by atoms with Gasteiger partial charge in [-0.1, -0.05) is 66.2 Å². The Balaban J connectivity index is 1.97. The van der Waals surface area contributed by atoms with Gasteiger partial charge in [0.2, 0.25) is 0 Å². The Kier molecular flexibility index (Phi) is 5.51. The first-order valence-electron chi connectivity index (χ1n) is 9.16. The maximum absolute atomic E-state index is 6.15. The molecule has 28 heavy (non-hydrogen) atoms. The molecule has 136 valence electrons. The summed E-state index contributed by atoms with van der Waals surface area (Å²) in [6, 6.07) is 38.8. The second-order valence-corrected chi connectivity index (χ2v) is 6.79. The highest BCUT2D eigenvalue weighted by molar-refractivity contribution is 6.30. The zero-order valence-corrected chi connectivity index (χ0v) is 16.1. The smallest absolute Gasteiger partial charge is 0.240 e. The minimum atomic E-state index is 0.717. The van der Waals surface area contributed by atoms with Crippen LogP contribution in [0, 0.1) is 0 Å². The first-order valence-corrected chi connectivity index (χ1v) is 9.54. The van der Waals surface area contributed by atoms with Crippen molar-refractivity contribution in [2.45, 2.75) is 0 Å². The number of rotatable bonds is 4. The second kappa shape index (κ2) is 8.55. The first-order chi connectivity index (χ1) is 13.8. The van der Waals surface area contributed by atoms with Gasteiger partial charge < -0.3 is 0 Å². The molecule has 2 nitrogen and oxygen atoms in total. The Morgan fingerprint density at radius 1 is 0.571 bits per heavy atom. The molecule has 0 unspecified atom stereocenters. The van der Waals surface area contributed by atoms with Crippen molar-refractivity contribution >= 4 is 34.5 Å². The number of amidine groups is 1. The molecule has 0 aliphatic carbocycles. The molecule has 4 rings (SSSR count). The molecule has 0 saturated heterocycles. The SMILES string of the molecule is Clc1ccc([N+](=C(Nc2ccccc2)c2ccccc2)c2ccccc2)cc1. The molecule has 0 radical (unpaired) electrons. The third-order valence-corrected chi connectivity index (χ3v) is 4.66. The van der Waals surface area contributed by atoms with Gasteiger partial charge in [-0.05, 0) is 60.7 Å². The summed E-state index contributed by atoms with van der Waals surface area (Å²) in [5, 5.41) is 4.33. The predicted molar refractivity (Wildman–Crippen MR) is 120 cm³/mol. The van der Waals surface area contributed by atoms with Gasteiger partial charge in [-0.25, -0.2) is 5.32 Å². The molecule has 0 aliphatic rings. The van der Waals surface area contributed by atoms with E-state index in [1.807, 2.05) is 78.9 Å². The van der Waals surface area contributed by atoms with Gasteiger partial charge in [-0.15, -0.1) is 0 Å². The normalized spacial score (nSPS) is 11.6. The molecule has 0 aromatic heterocycles. The van der Waals surface area contributed by atoms with Crippen LogP contribution < -0.4 is 9.89 Å². The van der Waals surface area contributed by atoms with E-state index < -0.39 is 0 Å². The largest absolute Gasteiger partial charge is 0.292 e. The summed E-state index contributed by atoms with van der Waals surface area (Å²) in [6.07, 6.45) is 0. The van der Waals surface area contributed by atoms with Crippen molar-refractivity contribution in [3.8, 4) is 0 Å². The van der Waals surface area contributed by atoms with Crippen molar-refractivity contribution < 1.29 is 0 Å². The topological polar surface area (TPSA) is 15.0 Å². The van der Waals surface area contributed by atoms with E-state index >= 15 is 0 Å². The van der Waals surface area contributed by atoms with E-state index in [-0.39, 0.29) is 0 Å². The highest BCUT2D eigenvalue weighted by Gasteiger charge is 2.20. The lowest BCUT2D eigenvalue weighted by Crippen LogP contribution is -2.26. The molecule has 0 spiro atoms. The van der Waals surface area contributed by atoms with Crippen LogP contribution in [0.25, 0.3) is 0 Å².